The van der Waals surface area contributed by atoms with Crippen LogP contribution < -0.4 is 10.2 Å². The predicted molar refractivity (Wildman–Crippen MR) is 106 cm³/mol. The summed E-state index contributed by atoms with van der Waals surface area (Å²) in [6.45, 7) is 2.82. The van der Waals surface area contributed by atoms with Crippen molar-refractivity contribution >= 4 is 34.3 Å². The summed E-state index contributed by atoms with van der Waals surface area (Å²) in [5.74, 6) is 0.875. The highest BCUT2D eigenvalue weighted by atomic mass is 35.5. The summed E-state index contributed by atoms with van der Waals surface area (Å²) < 4.78 is 5.56. The molecule has 128 valence electrons. The maximum atomic E-state index is 5.91. The molecule has 0 radical (unpaired) electrons. The molecule has 25 heavy (non-hydrogen) atoms. The zero-order valence-electron chi connectivity index (χ0n) is 13.8. The Morgan fingerprint density at radius 2 is 1.92 bits per heavy atom. The summed E-state index contributed by atoms with van der Waals surface area (Å²) in [4.78, 5) is 4.52. The van der Waals surface area contributed by atoms with Crippen LogP contribution in [-0.4, -0.2) is 17.8 Å². The molecule has 0 atom stereocenters. The van der Waals surface area contributed by atoms with E-state index in [9.17, 15) is 0 Å². The molecule has 0 aliphatic heterocycles. The third kappa shape index (κ3) is 5.05. The number of halogens is 1. The van der Waals surface area contributed by atoms with Crippen molar-refractivity contribution in [1.82, 2.24) is 4.98 Å². The Morgan fingerprint density at radius 1 is 1.16 bits per heavy atom. The SMILES string of the molecule is CCCOc1ccc(/C=N\Nc2nc(-c3ccc(Cl)cc3)cs2)cc1. The lowest BCUT2D eigenvalue weighted by Gasteiger charge is -2.03. The molecule has 0 saturated heterocycles. The van der Waals surface area contributed by atoms with Gasteiger partial charge in [0.25, 0.3) is 0 Å². The Hall–Kier alpha value is -2.37. The minimum absolute atomic E-state index is 0.716. The lowest BCUT2D eigenvalue weighted by Crippen LogP contribution is -1.95. The maximum Gasteiger partial charge on any atom is 0.203 e. The number of hydrogen-bond acceptors (Lipinski definition) is 5. The van der Waals surface area contributed by atoms with Gasteiger partial charge in [-0.2, -0.15) is 5.10 Å². The van der Waals surface area contributed by atoms with E-state index in [1.165, 1.54) is 11.3 Å². The van der Waals surface area contributed by atoms with E-state index in [1.54, 1.807) is 6.21 Å². The van der Waals surface area contributed by atoms with Gasteiger partial charge in [-0.1, -0.05) is 30.7 Å². The molecule has 2 aromatic carbocycles. The van der Waals surface area contributed by atoms with Crippen LogP contribution in [0.4, 0.5) is 5.13 Å². The molecule has 0 fully saturated rings. The lowest BCUT2D eigenvalue weighted by atomic mass is 10.2. The molecule has 0 bridgehead atoms. The number of nitrogens with zero attached hydrogens (tertiary/aromatic N) is 2. The van der Waals surface area contributed by atoms with E-state index < -0.39 is 0 Å². The molecule has 1 N–H and O–H groups in total. The van der Waals surface area contributed by atoms with Crippen molar-refractivity contribution in [3.8, 4) is 17.0 Å². The Labute approximate surface area is 156 Å². The predicted octanol–water partition coefficient (Wildman–Crippen LogP) is 5.70. The molecule has 6 heteroatoms. The second-order valence-electron chi connectivity index (χ2n) is 5.33. The summed E-state index contributed by atoms with van der Waals surface area (Å²) in [6.07, 6.45) is 2.76. The highest BCUT2D eigenvalue weighted by Crippen LogP contribution is 2.25. The topological polar surface area (TPSA) is 46.5 Å². The van der Waals surface area contributed by atoms with Crippen LogP contribution in [0.2, 0.25) is 5.02 Å². The van der Waals surface area contributed by atoms with E-state index in [1.807, 2.05) is 53.9 Å². The third-order valence-corrected chi connectivity index (χ3v) is 4.37. The van der Waals surface area contributed by atoms with Gasteiger partial charge in [-0.3, -0.25) is 5.43 Å². The second kappa shape index (κ2) is 8.65. The summed E-state index contributed by atoms with van der Waals surface area (Å²) in [6, 6.07) is 15.4. The van der Waals surface area contributed by atoms with E-state index in [0.29, 0.717) is 5.02 Å². The molecule has 4 nitrogen and oxygen atoms in total. The van der Waals surface area contributed by atoms with E-state index in [2.05, 4.69) is 22.4 Å². The van der Waals surface area contributed by atoms with Gasteiger partial charge in [0.15, 0.2) is 0 Å². The molecule has 0 unspecified atom stereocenters. The molecule has 3 rings (SSSR count). The number of thiazole rings is 1. The van der Waals surface area contributed by atoms with E-state index in [4.69, 9.17) is 16.3 Å². The van der Waals surface area contributed by atoms with Crippen molar-refractivity contribution in [3.05, 3.63) is 64.5 Å². The zero-order chi connectivity index (χ0) is 17.5. The standard InChI is InChI=1S/C19H18ClN3OS/c1-2-11-24-17-9-3-14(4-10-17)12-21-23-19-22-18(13-25-19)15-5-7-16(20)8-6-15/h3-10,12-13H,2,11H2,1H3,(H,22,23)/b21-12-. The largest absolute Gasteiger partial charge is 0.494 e. The maximum absolute atomic E-state index is 5.91. The summed E-state index contributed by atoms with van der Waals surface area (Å²) >= 11 is 7.41. The van der Waals surface area contributed by atoms with Crippen LogP contribution in [0.1, 0.15) is 18.9 Å². The van der Waals surface area contributed by atoms with Gasteiger partial charge in [0.2, 0.25) is 5.13 Å². The fraction of sp³-hybridized carbons (Fsp3) is 0.158. The van der Waals surface area contributed by atoms with Crippen molar-refractivity contribution in [2.45, 2.75) is 13.3 Å². The molecule has 0 aliphatic rings. The number of aromatic nitrogens is 1. The van der Waals surface area contributed by atoms with Crippen molar-refractivity contribution in [1.29, 1.82) is 0 Å². The quantitative estimate of drug-likeness (QED) is 0.428. The highest BCUT2D eigenvalue weighted by molar-refractivity contribution is 7.14. The average Bonchev–Trinajstić information content (AvgIpc) is 3.10. The normalized spacial score (nSPS) is 11.0. The number of hydrazone groups is 1. The Kier molecular flexibility index (Phi) is 6.04. The Bertz CT molecular complexity index is 829. The van der Waals surface area contributed by atoms with Crippen LogP contribution in [0.3, 0.4) is 0 Å². The smallest absolute Gasteiger partial charge is 0.203 e. The minimum Gasteiger partial charge on any atom is -0.494 e. The molecule has 1 aromatic heterocycles. The van der Waals surface area contributed by atoms with Gasteiger partial charge in [0.05, 0.1) is 18.5 Å². The van der Waals surface area contributed by atoms with Gasteiger partial charge in [-0.15, -0.1) is 11.3 Å². The zero-order valence-corrected chi connectivity index (χ0v) is 15.3. The van der Waals surface area contributed by atoms with E-state index >= 15 is 0 Å². The number of rotatable bonds is 7. The first-order valence-corrected chi connectivity index (χ1v) is 9.24. The van der Waals surface area contributed by atoms with Crippen LogP contribution in [-0.2, 0) is 0 Å². The second-order valence-corrected chi connectivity index (χ2v) is 6.63. The van der Waals surface area contributed by atoms with Crippen LogP contribution in [0, 0.1) is 0 Å². The van der Waals surface area contributed by atoms with Gasteiger partial charge < -0.3 is 4.74 Å². The molecular formula is C19H18ClN3OS. The van der Waals surface area contributed by atoms with Crippen molar-refractivity contribution in [3.63, 3.8) is 0 Å². The van der Waals surface area contributed by atoms with Crippen LogP contribution in [0.5, 0.6) is 5.75 Å². The van der Waals surface area contributed by atoms with Gasteiger partial charge in [0, 0.05) is 16.0 Å². The summed E-state index contributed by atoms with van der Waals surface area (Å²) in [7, 11) is 0. The highest BCUT2D eigenvalue weighted by Gasteiger charge is 2.03. The molecular weight excluding hydrogens is 354 g/mol. The first kappa shape index (κ1) is 17.5. The lowest BCUT2D eigenvalue weighted by molar-refractivity contribution is 0.317. The van der Waals surface area contributed by atoms with Gasteiger partial charge in [-0.25, -0.2) is 4.98 Å². The Balaban J connectivity index is 1.58. The first-order valence-electron chi connectivity index (χ1n) is 7.98. The molecule has 0 spiro atoms. The molecule has 0 aliphatic carbocycles. The van der Waals surface area contributed by atoms with Gasteiger partial charge >= 0.3 is 0 Å². The van der Waals surface area contributed by atoms with Crippen molar-refractivity contribution in [2.24, 2.45) is 5.10 Å². The van der Waals surface area contributed by atoms with E-state index in [-0.39, 0.29) is 0 Å². The van der Waals surface area contributed by atoms with Crippen molar-refractivity contribution < 1.29 is 4.74 Å². The number of nitrogens with one attached hydrogen (secondary N) is 1. The number of anilines is 1. The summed E-state index contributed by atoms with van der Waals surface area (Å²) in [5, 5.41) is 7.68. The fourth-order valence-electron chi connectivity index (χ4n) is 2.11. The Morgan fingerprint density at radius 3 is 2.64 bits per heavy atom. The van der Waals surface area contributed by atoms with Gasteiger partial charge in [0.1, 0.15) is 5.75 Å². The van der Waals surface area contributed by atoms with Crippen molar-refractivity contribution in [2.75, 3.05) is 12.0 Å². The monoisotopic (exact) mass is 371 g/mol. The summed E-state index contributed by atoms with van der Waals surface area (Å²) in [5.41, 5.74) is 5.88. The van der Waals surface area contributed by atoms with E-state index in [0.717, 1.165) is 40.7 Å². The molecule has 0 amide bonds. The van der Waals surface area contributed by atoms with Crippen LogP contribution in [0.25, 0.3) is 11.3 Å². The molecule has 0 saturated carbocycles. The number of benzene rings is 2. The van der Waals surface area contributed by atoms with Crippen LogP contribution >= 0.6 is 22.9 Å². The minimum atomic E-state index is 0.716. The average molecular weight is 372 g/mol. The fourth-order valence-corrected chi connectivity index (χ4v) is 2.90. The molecule has 1 heterocycles. The number of ether oxygens (including phenoxy) is 1. The first-order chi connectivity index (χ1) is 12.2. The molecule has 3 aromatic rings. The third-order valence-electron chi connectivity index (χ3n) is 3.37. The van der Waals surface area contributed by atoms with Gasteiger partial charge in [-0.05, 0) is 48.4 Å². The van der Waals surface area contributed by atoms with Crippen LogP contribution in [0.15, 0.2) is 59.0 Å². The number of hydrogen-bond donors (Lipinski definition) is 1.